The van der Waals surface area contributed by atoms with E-state index in [-0.39, 0.29) is 5.41 Å². The fourth-order valence-electron chi connectivity index (χ4n) is 3.28. The quantitative estimate of drug-likeness (QED) is 0.317. The van der Waals surface area contributed by atoms with Crippen molar-refractivity contribution in [3.63, 3.8) is 0 Å². The van der Waals surface area contributed by atoms with Gasteiger partial charge in [0.1, 0.15) is 11.8 Å². The topological polar surface area (TPSA) is 106 Å². The van der Waals surface area contributed by atoms with E-state index in [4.69, 9.17) is 15.9 Å². The highest BCUT2D eigenvalue weighted by Crippen LogP contribution is 2.25. The van der Waals surface area contributed by atoms with E-state index in [1.165, 1.54) is 11.8 Å². The molecule has 0 bridgehead atoms. The van der Waals surface area contributed by atoms with Crippen molar-refractivity contribution in [3.05, 3.63) is 107 Å². The summed E-state index contributed by atoms with van der Waals surface area (Å²) < 4.78 is 5.11. The second-order valence-corrected chi connectivity index (χ2v) is 8.26. The maximum Gasteiger partial charge on any atom is 0.252 e. The molecule has 0 saturated carbocycles. The fourth-order valence-corrected chi connectivity index (χ4v) is 3.28. The van der Waals surface area contributed by atoms with Crippen molar-refractivity contribution >= 4 is 28.5 Å². The number of primary amides is 1. The Balaban J connectivity index is 0.000000215. The van der Waals surface area contributed by atoms with E-state index in [2.05, 4.69) is 32.0 Å². The lowest BCUT2D eigenvalue weighted by Gasteiger charge is -2.23. The van der Waals surface area contributed by atoms with Crippen LogP contribution in [0.2, 0.25) is 0 Å². The second-order valence-electron chi connectivity index (χ2n) is 8.26. The fraction of sp³-hybridized carbons (Fsp3) is 0.143. The zero-order chi connectivity index (χ0) is 23.8. The summed E-state index contributed by atoms with van der Waals surface area (Å²) in [4.78, 5) is 10.8. The maximum absolute atomic E-state index is 10.8. The van der Waals surface area contributed by atoms with Crippen LogP contribution in [0.5, 0.6) is 0 Å². The molecule has 5 heteroatoms. The second kappa shape index (κ2) is 10.4. The third kappa shape index (κ3) is 5.76. The molecule has 4 N–H and O–H groups in total. The van der Waals surface area contributed by atoms with Crippen LogP contribution in [-0.2, 0) is 5.41 Å². The summed E-state index contributed by atoms with van der Waals surface area (Å²) in [5.74, 6) is -0.458. The Kier molecular flexibility index (Phi) is 7.45. The molecule has 0 aliphatic heterocycles. The van der Waals surface area contributed by atoms with Gasteiger partial charge in [-0.3, -0.25) is 4.79 Å². The van der Waals surface area contributed by atoms with Crippen LogP contribution in [0, 0.1) is 11.3 Å². The van der Waals surface area contributed by atoms with Gasteiger partial charge in [0.05, 0.1) is 17.2 Å². The SMILES string of the molecule is CC(C)(CN)c1ccc(/C(C#N)=C/c2ccccc2)cc1.NC(=O)c1coc2ccccc12. The molecule has 1 amide bonds. The molecule has 4 rings (SSSR count). The number of rotatable bonds is 5. The minimum absolute atomic E-state index is 0.0471. The molecule has 0 radical (unpaired) electrons. The maximum atomic E-state index is 10.8. The number of hydrogen-bond donors (Lipinski definition) is 2. The number of para-hydroxylation sites is 1. The van der Waals surface area contributed by atoms with E-state index in [9.17, 15) is 10.1 Å². The molecule has 33 heavy (non-hydrogen) atoms. The highest BCUT2D eigenvalue weighted by atomic mass is 16.3. The van der Waals surface area contributed by atoms with Crippen molar-refractivity contribution in [2.45, 2.75) is 19.3 Å². The standard InChI is InChI=1S/C19H20N2.C9H7NO2/c1-19(2,14-21)18-10-8-16(9-11-18)17(13-20)12-15-6-4-3-5-7-15;10-9(11)7-5-12-8-4-2-1-3-6(7)8/h3-12H,14,21H2,1-2H3;1-5H,(H2,10,11)/b17-12+;. The summed E-state index contributed by atoms with van der Waals surface area (Å²) in [6.45, 7) is 4.83. The van der Waals surface area contributed by atoms with Crippen molar-refractivity contribution in [2.75, 3.05) is 6.54 Å². The Bertz CT molecular complexity index is 1290. The molecule has 5 nitrogen and oxygen atoms in total. The average Bonchev–Trinajstić information content (AvgIpc) is 3.28. The van der Waals surface area contributed by atoms with Gasteiger partial charge in [0.15, 0.2) is 0 Å². The lowest BCUT2D eigenvalue weighted by atomic mass is 9.84. The number of amides is 1. The van der Waals surface area contributed by atoms with Gasteiger partial charge in [0, 0.05) is 17.3 Å². The third-order valence-electron chi connectivity index (χ3n) is 5.47. The van der Waals surface area contributed by atoms with Crippen LogP contribution in [0.3, 0.4) is 0 Å². The number of allylic oxidation sites excluding steroid dienone is 1. The zero-order valence-electron chi connectivity index (χ0n) is 18.8. The van der Waals surface area contributed by atoms with Crippen LogP contribution >= 0.6 is 0 Å². The van der Waals surface area contributed by atoms with Crippen molar-refractivity contribution in [1.29, 1.82) is 5.26 Å². The van der Waals surface area contributed by atoms with Crippen LogP contribution in [-0.4, -0.2) is 12.5 Å². The summed E-state index contributed by atoms with van der Waals surface area (Å²) in [6.07, 6.45) is 3.29. The number of fused-ring (bicyclic) bond motifs is 1. The minimum atomic E-state index is -0.458. The highest BCUT2D eigenvalue weighted by molar-refractivity contribution is 6.05. The molecule has 0 aliphatic rings. The monoisotopic (exact) mass is 437 g/mol. The Morgan fingerprint density at radius 3 is 2.24 bits per heavy atom. The van der Waals surface area contributed by atoms with E-state index in [1.807, 2.05) is 60.7 Å². The number of nitrogens with two attached hydrogens (primary N) is 2. The van der Waals surface area contributed by atoms with E-state index < -0.39 is 5.91 Å². The van der Waals surface area contributed by atoms with Gasteiger partial charge in [0.2, 0.25) is 0 Å². The van der Waals surface area contributed by atoms with Gasteiger partial charge >= 0.3 is 0 Å². The summed E-state index contributed by atoms with van der Waals surface area (Å²) in [5, 5.41) is 10.1. The summed E-state index contributed by atoms with van der Waals surface area (Å²) in [6, 6.07) is 27.5. The molecule has 0 aliphatic carbocycles. The number of carbonyl (C=O) groups is 1. The summed E-state index contributed by atoms with van der Waals surface area (Å²) in [7, 11) is 0. The molecule has 0 atom stereocenters. The first-order valence-electron chi connectivity index (χ1n) is 10.6. The highest BCUT2D eigenvalue weighted by Gasteiger charge is 2.18. The van der Waals surface area contributed by atoms with Crippen molar-refractivity contribution < 1.29 is 9.21 Å². The predicted molar refractivity (Wildman–Crippen MR) is 133 cm³/mol. The molecule has 3 aromatic carbocycles. The van der Waals surface area contributed by atoms with Crippen molar-refractivity contribution in [3.8, 4) is 6.07 Å². The number of nitrogens with zero attached hydrogens (tertiary/aromatic N) is 1. The van der Waals surface area contributed by atoms with Gasteiger partial charge in [-0.2, -0.15) is 5.26 Å². The van der Waals surface area contributed by atoms with E-state index in [0.717, 1.165) is 16.5 Å². The Labute approximate surface area is 193 Å². The lowest BCUT2D eigenvalue weighted by molar-refractivity contribution is 0.100. The van der Waals surface area contributed by atoms with Crippen molar-refractivity contribution in [1.82, 2.24) is 0 Å². The van der Waals surface area contributed by atoms with Crippen LogP contribution in [0.4, 0.5) is 0 Å². The number of hydrogen-bond acceptors (Lipinski definition) is 4. The molecule has 0 unspecified atom stereocenters. The Hall–Kier alpha value is -4.14. The first-order valence-corrected chi connectivity index (χ1v) is 10.6. The summed E-state index contributed by atoms with van der Waals surface area (Å²) >= 11 is 0. The Morgan fingerprint density at radius 1 is 1.00 bits per heavy atom. The number of furan rings is 1. The lowest BCUT2D eigenvalue weighted by Crippen LogP contribution is -2.27. The van der Waals surface area contributed by atoms with Crippen molar-refractivity contribution in [2.24, 2.45) is 11.5 Å². The number of nitriles is 1. The Morgan fingerprint density at radius 2 is 1.64 bits per heavy atom. The van der Waals surface area contributed by atoms with E-state index in [0.29, 0.717) is 23.3 Å². The molecule has 1 aromatic heterocycles. The normalized spacial score (nSPS) is 11.4. The largest absolute Gasteiger partial charge is 0.463 e. The molecule has 0 spiro atoms. The molecular weight excluding hydrogens is 410 g/mol. The molecule has 0 fully saturated rings. The number of carbonyl (C=O) groups excluding carboxylic acids is 1. The van der Waals surface area contributed by atoms with Gasteiger partial charge in [-0.15, -0.1) is 0 Å². The smallest absolute Gasteiger partial charge is 0.252 e. The first-order chi connectivity index (χ1) is 15.9. The molecule has 4 aromatic rings. The van der Waals surface area contributed by atoms with Crippen LogP contribution < -0.4 is 11.5 Å². The van der Waals surface area contributed by atoms with Crippen LogP contribution in [0.25, 0.3) is 22.6 Å². The van der Waals surface area contributed by atoms with Gasteiger partial charge in [-0.25, -0.2) is 0 Å². The third-order valence-corrected chi connectivity index (χ3v) is 5.47. The average molecular weight is 438 g/mol. The van der Waals surface area contributed by atoms with Crippen LogP contribution in [0.15, 0.2) is 89.5 Å². The van der Waals surface area contributed by atoms with Gasteiger partial charge in [0.25, 0.3) is 5.91 Å². The molecule has 1 heterocycles. The molecular formula is C28H27N3O2. The predicted octanol–water partition coefficient (Wildman–Crippen LogP) is 5.52. The van der Waals surface area contributed by atoms with Gasteiger partial charge < -0.3 is 15.9 Å². The first kappa shape index (κ1) is 23.5. The number of benzene rings is 3. The van der Waals surface area contributed by atoms with Gasteiger partial charge in [-0.05, 0) is 28.8 Å². The van der Waals surface area contributed by atoms with E-state index in [1.54, 1.807) is 12.1 Å². The van der Waals surface area contributed by atoms with E-state index >= 15 is 0 Å². The minimum Gasteiger partial charge on any atom is -0.463 e. The molecule has 0 saturated heterocycles. The summed E-state index contributed by atoms with van der Waals surface area (Å²) in [5.41, 5.74) is 15.8. The van der Waals surface area contributed by atoms with Crippen LogP contribution in [0.1, 0.15) is 40.9 Å². The van der Waals surface area contributed by atoms with Gasteiger partial charge in [-0.1, -0.05) is 86.6 Å². The zero-order valence-corrected chi connectivity index (χ0v) is 18.8. The molecule has 166 valence electrons.